The van der Waals surface area contributed by atoms with Gasteiger partial charge in [-0.25, -0.2) is 0 Å². The zero-order valence-electron chi connectivity index (χ0n) is 11.3. The Morgan fingerprint density at radius 1 is 1.31 bits per heavy atom. The SMILES string of the molecule is CNC1CCC(N(C)C(C)CCOC)CC1. The number of rotatable bonds is 6. The minimum absolute atomic E-state index is 0.635. The van der Waals surface area contributed by atoms with Crippen molar-refractivity contribution in [3.8, 4) is 0 Å². The first kappa shape index (κ1) is 13.9. The fourth-order valence-corrected chi connectivity index (χ4v) is 2.62. The number of hydrogen-bond donors (Lipinski definition) is 1. The van der Waals surface area contributed by atoms with Crippen molar-refractivity contribution < 1.29 is 4.74 Å². The van der Waals surface area contributed by atoms with Crippen LogP contribution < -0.4 is 5.32 Å². The van der Waals surface area contributed by atoms with Gasteiger partial charge < -0.3 is 15.0 Å². The smallest absolute Gasteiger partial charge is 0.0477 e. The summed E-state index contributed by atoms with van der Waals surface area (Å²) in [4.78, 5) is 2.55. The fourth-order valence-electron chi connectivity index (χ4n) is 2.62. The molecule has 1 rings (SSSR count). The third-order valence-corrected chi connectivity index (χ3v) is 4.12. The number of ether oxygens (including phenoxy) is 1. The highest BCUT2D eigenvalue weighted by Gasteiger charge is 2.25. The van der Waals surface area contributed by atoms with Crippen LogP contribution in [0.4, 0.5) is 0 Å². The summed E-state index contributed by atoms with van der Waals surface area (Å²) in [6, 6.07) is 2.16. The molecule has 1 N–H and O–H groups in total. The van der Waals surface area contributed by atoms with Crippen LogP contribution in [0.15, 0.2) is 0 Å². The summed E-state index contributed by atoms with van der Waals surface area (Å²) in [6.45, 7) is 3.18. The number of methoxy groups -OCH3 is 1. The minimum atomic E-state index is 0.635. The van der Waals surface area contributed by atoms with Gasteiger partial charge in [0.1, 0.15) is 0 Å². The van der Waals surface area contributed by atoms with Gasteiger partial charge in [-0.05, 0) is 53.1 Å². The van der Waals surface area contributed by atoms with E-state index in [9.17, 15) is 0 Å². The molecule has 0 saturated heterocycles. The van der Waals surface area contributed by atoms with E-state index >= 15 is 0 Å². The number of nitrogens with zero attached hydrogens (tertiary/aromatic N) is 1. The van der Waals surface area contributed by atoms with Crippen molar-refractivity contribution in [2.24, 2.45) is 0 Å². The Bertz CT molecular complexity index is 179. The molecule has 0 heterocycles. The van der Waals surface area contributed by atoms with Crippen LogP contribution in [-0.2, 0) is 4.74 Å². The Morgan fingerprint density at radius 3 is 2.44 bits per heavy atom. The van der Waals surface area contributed by atoms with E-state index < -0.39 is 0 Å². The van der Waals surface area contributed by atoms with E-state index in [1.54, 1.807) is 7.11 Å². The molecule has 0 aromatic heterocycles. The summed E-state index contributed by atoms with van der Waals surface area (Å²) < 4.78 is 5.15. The van der Waals surface area contributed by atoms with Crippen LogP contribution in [0.5, 0.6) is 0 Å². The first-order valence-corrected chi connectivity index (χ1v) is 6.57. The fraction of sp³-hybridized carbons (Fsp3) is 1.00. The van der Waals surface area contributed by atoms with Crippen molar-refractivity contribution in [3.63, 3.8) is 0 Å². The molecule has 1 atom stereocenters. The van der Waals surface area contributed by atoms with Gasteiger partial charge in [-0.2, -0.15) is 0 Å². The van der Waals surface area contributed by atoms with Crippen LogP contribution in [-0.4, -0.2) is 50.8 Å². The molecule has 1 aliphatic carbocycles. The van der Waals surface area contributed by atoms with Gasteiger partial charge >= 0.3 is 0 Å². The lowest BCUT2D eigenvalue weighted by Gasteiger charge is -2.38. The van der Waals surface area contributed by atoms with Crippen molar-refractivity contribution in [1.29, 1.82) is 0 Å². The molecular formula is C13H28N2O. The number of hydrogen-bond acceptors (Lipinski definition) is 3. The Hall–Kier alpha value is -0.120. The van der Waals surface area contributed by atoms with Crippen LogP contribution in [0.1, 0.15) is 39.0 Å². The third-order valence-electron chi connectivity index (χ3n) is 4.12. The predicted molar refractivity (Wildman–Crippen MR) is 68.8 cm³/mol. The van der Waals surface area contributed by atoms with Gasteiger partial charge in [0.2, 0.25) is 0 Å². The third kappa shape index (κ3) is 4.04. The number of nitrogens with one attached hydrogen (secondary N) is 1. The van der Waals surface area contributed by atoms with E-state index in [0.717, 1.165) is 25.1 Å². The Labute approximate surface area is 101 Å². The first-order valence-electron chi connectivity index (χ1n) is 6.57. The van der Waals surface area contributed by atoms with E-state index in [1.807, 2.05) is 0 Å². The molecule has 1 unspecified atom stereocenters. The maximum atomic E-state index is 5.15. The second kappa shape index (κ2) is 7.25. The summed E-state index contributed by atoms with van der Waals surface area (Å²) in [5, 5.41) is 3.39. The van der Waals surface area contributed by atoms with E-state index in [0.29, 0.717) is 6.04 Å². The maximum Gasteiger partial charge on any atom is 0.0477 e. The van der Waals surface area contributed by atoms with Crippen LogP contribution >= 0.6 is 0 Å². The molecule has 0 aromatic rings. The lowest BCUT2D eigenvalue weighted by molar-refractivity contribution is 0.104. The molecule has 0 spiro atoms. The summed E-state index contributed by atoms with van der Waals surface area (Å²) in [6.07, 6.45) is 6.45. The quantitative estimate of drug-likeness (QED) is 0.751. The van der Waals surface area contributed by atoms with Gasteiger partial charge in [-0.1, -0.05) is 0 Å². The van der Waals surface area contributed by atoms with Gasteiger partial charge in [-0.3, -0.25) is 0 Å². The van der Waals surface area contributed by atoms with Crippen LogP contribution in [0.2, 0.25) is 0 Å². The molecule has 1 saturated carbocycles. The zero-order valence-corrected chi connectivity index (χ0v) is 11.3. The molecule has 3 nitrogen and oxygen atoms in total. The Kier molecular flexibility index (Phi) is 6.32. The van der Waals surface area contributed by atoms with Gasteiger partial charge in [0.05, 0.1) is 0 Å². The molecule has 0 amide bonds. The zero-order chi connectivity index (χ0) is 12.0. The molecule has 1 aliphatic rings. The molecule has 3 heteroatoms. The molecule has 96 valence electrons. The highest BCUT2D eigenvalue weighted by atomic mass is 16.5. The van der Waals surface area contributed by atoms with Crippen molar-refractivity contribution >= 4 is 0 Å². The Morgan fingerprint density at radius 2 is 1.94 bits per heavy atom. The van der Waals surface area contributed by atoms with Crippen LogP contribution in [0.3, 0.4) is 0 Å². The topological polar surface area (TPSA) is 24.5 Å². The van der Waals surface area contributed by atoms with Gasteiger partial charge in [0, 0.05) is 31.8 Å². The van der Waals surface area contributed by atoms with E-state index in [-0.39, 0.29) is 0 Å². The highest BCUT2D eigenvalue weighted by molar-refractivity contribution is 4.82. The van der Waals surface area contributed by atoms with E-state index in [2.05, 4.69) is 31.2 Å². The van der Waals surface area contributed by atoms with Gasteiger partial charge in [-0.15, -0.1) is 0 Å². The lowest BCUT2D eigenvalue weighted by Crippen LogP contribution is -2.43. The van der Waals surface area contributed by atoms with Crippen molar-refractivity contribution in [2.75, 3.05) is 27.8 Å². The molecule has 16 heavy (non-hydrogen) atoms. The lowest BCUT2D eigenvalue weighted by atomic mass is 9.89. The maximum absolute atomic E-state index is 5.15. The van der Waals surface area contributed by atoms with Crippen molar-refractivity contribution in [1.82, 2.24) is 10.2 Å². The largest absolute Gasteiger partial charge is 0.385 e. The predicted octanol–water partition coefficient (Wildman–Crippen LogP) is 1.87. The average Bonchev–Trinajstić information content (AvgIpc) is 2.35. The monoisotopic (exact) mass is 228 g/mol. The van der Waals surface area contributed by atoms with E-state index in [1.165, 1.54) is 25.7 Å². The summed E-state index contributed by atoms with van der Waals surface area (Å²) >= 11 is 0. The summed E-state index contributed by atoms with van der Waals surface area (Å²) in [7, 11) is 6.13. The molecular weight excluding hydrogens is 200 g/mol. The average molecular weight is 228 g/mol. The standard InChI is InChI=1S/C13H28N2O/c1-11(9-10-16-4)15(3)13-7-5-12(14-2)6-8-13/h11-14H,5-10H2,1-4H3. The Balaban J connectivity index is 2.29. The molecule has 0 aromatic carbocycles. The normalized spacial score (nSPS) is 28.3. The first-order chi connectivity index (χ1) is 7.69. The molecule has 0 bridgehead atoms. The summed E-state index contributed by atoms with van der Waals surface area (Å²) in [5.41, 5.74) is 0. The highest BCUT2D eigenvalue weighted by Crippen LogP contribution is 2.24. The van der Waals surface area contributed by atoms with Crippen molar-refractivity contribution in [2.45, 2.75) is 57.2 Å². The van der Waals surface area contributed by atoms with Crippen LogP contribution in [0, 0.1) is 0 Å². The second-order valence-electron chi connectivity index (χ2n) is 5.09. The van der Waals surface area contributed by atoms with Gasteiger partial charge in [0.25, 0.3) is 0 Å². The van der Waals surface area contributed by atoms with Crippen LogP contribution in [0.25, 0.3) is 0 Å². The minimum Gasteiger partial charge on any atom is -0.385 e. The second-order valence-corrected chi connectivity index (χ2v) is 5.09. The molecule has 0 radical (unpaired) electrons. The summed E-state index contributed by atoms with van der Waals surface area (Å²) in [5.74, 6) is 0. The van der Waals surface area contributed by atoms with E-state index in [4.69, 9.17) is 4.74 Å². The molecule has 0 aliphatic heterocycles. The van der Waals surface area contributed by atoms with Crippen molar-refractivity contribution in [3.05, 3.63) is 0 Å². The van der Waals surface area contributed by atoms with Gasteiger partial charge in [0.15, 0.2) is 0 Å². The molecule has 1 fully saturated rings.